The maximum atomic E-state index is 11.7. The van der Waals surface area contributed by atoms with Crippen molar-refractivity contribution in [2.24, 2.45) is 11.0 Å². The molecule has 1 rings (SSSR count). The van der Waals surface area contributed by atoms with Crippen LogP contribution in [0.15, 0.2) is 5.11 Å². The molecule has 0 bridgehead atoms. The number of ether oxygens (including phenoxy) is 1. The lowest BCUT2D eigenvalue weighted by Crippen LogP contribution is -2.43. The van der Waals surface area contributed by atoms with Gasteiger partial charge in [0.1, 0.15) is 5.60 Å². The second-order valence-corrected chi connectivity index (χ2v) is 6.10. The largest absolute Gasteiger partial charge is 0.444 e. The van der Waals surface area contributed by atoms with Crippen LogP contribution in [0.3, 0.4) is 0 Å². The molecular formula is C13H24N4O2. The van der Waals surface area contributed by atoms with E-state index in [9.17, 15) is 4.79 Å². The van der Waals surface area contributed by atoms with Crippen molar-refractivity contribution in [3.63, 3.8) is 0 Å². The molecule has 0 saturated heterocycles. The number of nitrogens with zero attached hydrogens (tertiary/aromatic N) is 3. The minimum Gasteiger partial charge on any atom is -0.444 e. The fourth-order valence-corrected chi connectivity index (χ4v) is 2.51. The lowest BCUT2D eigenvalue weighted by molar-refractivity contribution is 0.0480. The molecule has 0 radical (unpaired) electrons. The number of nitrogens with one attached hydrogen (secondary N) is 1. The molecule has 0 aliphatic heterocycles. The van der Waals surface area contributed by atoms with Crippen LogP contribution >= 0.6 is 0 Å². The summed E-state index contributed by atoms with van der Waals surface area (Å²) in [6, 6.07) is 0.177. The predicted molar refractivity (Wildman–Crippen MR) is 73.7 cm³/mol. The molecule has 0 aromatic carbocycles. The second kappa shape index (κ2) is 6.66. The molecule has 1 aliphatic rings. The van der Waals surface area contributed by atoms with Crippen LogP contribution in [-0.4, -0.2) is 23.8 Å². The van der Waals surface area contributed by atoms with Crippen molar-refractivity contribution in [3.05, 3.63) is 10.4 Å². The molecule has 3 atom stereocenters. The van der Waals surface area contributed by atoms with Crippen LogP contribution in [0.4, 0.5) is 4.79 Å². The quantitative estimate of drug-likeness (QED) is 0.479. The molecule has 1 fully saturated rings. The summed E-state index contributed by atoms with van der Waals surface area (Å²) in [6.07, 6.45) is 3.09. The first kappa shape index (κ1) is 15.6. The SMILES string of the molecule is CC[C@@H]1C[C@@H](NC(=O)OC(C)(C)C)CCC1N=[N+]=[N-]. The zero-order chi connectivity index (χ0) is 14.5. The van der Waals surface area contributed by atoms with Gasteiger partial charge in [0.2, 0.25) is 0 Å². The van der Waals surface area contributed by atoms with Gasteiger partial charge in [0.05, 0.1) is 0 Å². The number of rotatable bonds is 3. The third kappa shape index (κ3) is 5.39. The smallest absolute Gasteiger partial charge is 0.407 e. The van der Waals surface area contributed by atoms with Crippen LogP contribution in [0.5, 0.6) is 0 Å². The minimum atomic E-state index is -0.476. The predicted octanol–water partition coefficient (Wildman–Crippen LogP) is 3.77. The molecule has 0 aromatic rings. The van der Waals surface area contributed by atoms with Crippen molar-refractivity contribution in [2.45, 2.75) is 71.1 Å². The first-order valence-corrected chi connectivity index (χ1v) is 6.89. The Kier molecular flexibility index (Phi) is 5.48. The van der Waals surface area contributed by atoms with Crippen LogP contribution in [0.1, 0.15) is 53.4 Å². The first-order valence-electron chi connectivity index (χ1n) is 6.89. The summed E-state index contributed by atoms with van der Waals surface area (Å²) in [6.45, 7) is 7.63. The Hall–Kier alpha value is -1.42. The van der Waals surface area contributed by atoms with E-state index in [-0.39, 0.29) is 18.2 Å². The van der Waals surface area contributed by atoms with E-state index in [1.165, 1.54) is 0 Å². The number of carbonyl (C=O) groups excluding carboxylic acids is 1. The zero-order valence-corrected chi connectivity index (χ0v) is 12.2. The van der Waals surface area contributed by atoms with Crippen molar-refractivity contribution in [3.8, 4) is 0 Å². The fourth-order valence-electron chi connectivity index (χ4n) is 2.51. The second-order valence-electron chi connectivity index (χ2n) is 6.10. The van der Waals surface area contributed by atoms with Gasteiger partial charge in [0, 0.05) is 17.0 Å². The van der Waals surface area contributed by atoms with E-state index in [2.05, 4.69) is 22.3 Å². The minimum absolute atomic E-state index is 0.0617. The summed E-state index contributed by atoms with van der Waals surface area (Å²) in [7, 11) is 0. The van der Waals surface area contributed by atoms with E-state index in [4.69, 9.17) is 10.3 Å². The molecule has 1 amide bonds. The maximum absolute atomic E-state index is 11.7. The lowest BCUT2D eigenvalue weighted by atomic mass is 9.80. The molecule has 0 aromatic heterocycles. The van der Waals surface area contributed by atoms with E-state index in [1.54, 1.807) is 0 Å². The lowest BCUT2D eigenvalue weighted by Gasteiger charge is -2.34. The number of alkyl carbamates (subject to hydrolysis) is 1. The van der Waals surface area contributed by atoms with Gasteiger partial charge in [-0.15, -0.1) is 0 Å². The number of carbonyl (C=O) groups is 1. The van der Waals surface area contributed by atoms with Crippen molar-refractivity contribution < 1.29 is 9.53 Å². The van der Waals surface area contributed by atoms with Gasteiger partial charge in [-0.1, -0.05) is 18.5 Å². The molecule has 1 unspecified atom stereocenters. The molecule has 6 nitrogen and oxygen atoms in total. The molecule has 1 aliphatic carbocycles. The summed E-state index contributed by atoms with van der Waals surface area (Å²) in [5.74, 6) is 0.338. The van der Waals surface area contributed by atoms with Crippen molar-refractivity contribution in [1.82, 2.24) is 5.32 Å². The standard InChI is InChI=1S/C13H24N4O2/c1-5-9-8-10(6-7-11(9)16-17-14)15-12(18)19-13(2,3)4/h9-11H,5-8H2,1-4H3,(H,15,18)/t9-,10+,11?/m1/s1. The van der Waals surface area contributed by atoms with Gasteiger partial charge in [-0.05, 0) is 51.5 Å². The highest BCUT2D eigenvalue weighted by Gasteiger charge is 2.30. The first-order chi connectivity index (χ1) is 8.85. The normalized spacial score (nSPS) is 27.3. The Balaban J connectivity index is 2.50. The van der Waals surface area contributed by atoms with Crippen molar-refractivity contribution >= 4 is 6.09 Å². The maximum Gasteiger partial charge on any atom is 0.407 e. The number of azide groups is 1. The van der Waals surface area contributed by atoms with Crippen LogP contribution in [-0.2, 0) is 4.74 Å². The number of hydrogen-bond acceptors (Lipinski definition) is 3. The monoisotopic (exact) mass is 268 g/mol. The molecule has 19 heavy (non-hydrogen) atoms. The van der Waals surface area contributed by atoms with E-state index in [0.29, 0.717) is 5.92 Å². The Morgan fingerprint density at radius 2 is 2.16 bits per heavy atom. The molecule has 108 valence electrons. The summed E-state index contributed by atoms with van der Waals surface area (Å²) in [5, 5.41) is 6.75. The van der Waals surface area contributed by atoms with Crippen LogP contribution < -0.4 is 5.32 Å². The van der Waals surface area contributed by atoms with Gasteiger partial charge in [0.15, 0.2) is 0 Å². The van der Waals surface area contributed by atoms with Crippen molar-refractivity contribution in [2.75, 3.05) is 0 Å². The van der Waals surface area contributed by atoms with E-state index < -0.39 is 5.60 Å². The molecular weight excluding hydrogens is 244 g/mol. The third-order valence-corrected chi connectivity index (χ3v) is 3.39. The van der Waals surface area contributed by atoms with Gasteiger partial charge in [-0.2, -0.15) is 0 Å². The molecule has 0 heterocycles. The summed E-state index contributed by atoms with van der Waals surface area (Å²) in [4.78, 5) is 14.6. The van der Waals surface area contributed by atoms with Crippen molar-refractivity contribution in [1.29, 1.82) is 0 Å². The highest BCUT2D eigenvalue weighted by molar-refractivity contribution is 5.68. The van der Waals surface area contributed by atoms with Gasteiger partial charge < -0.3 is 10.1 Å². The van der Waals surface area contributed by atoms with Crippen LogP contribution in [0, 0.1) is 5.92 Å². The summed E-state index contributed by atoms with van der Waals surface area (Å²) in [5.41, 5.74) is 8.06. The van der Waals surface area contributed by atoms with Gasteiger partial charge in [-0.25, -0.2) is 4.79 Å². The van der Waals surface area contributed by atoms with E-state index >= 15 is 0 Å². The van der Waals surface area contributed by atoms with Gasteiger partial charge in [0.25, 0.3) is 0 Å². The van der Waals surface area contributed by atoms with Gasteiger partial charge in [-0.3, -0.25) is 0 Å². The highest BCUT2D eigenvalue weighted by atomic mass is 16.6. The van der Waals surface area contributed by atoms with E-state index in [0.717, 1.165) is 25.7 Å². The topological polar surface area (TPSA) is 87.1 Å². The Morgan fingerprint density at radius 3 is 2.68 bits per heavy atom. The molecule has 1 saturated carbocycles. The Labute approximate surface area is 114 Å². The molecule has 6 heteroatoms. The molecule has 1 N–H and O–H groups in total. The Morgan fingerprint density at radius 1 is 1.47 bits per heavy atom. The van der Waals surface area contributed by atoms with Gasteiger partial charge >= 0.3 is 6.09 Å². The zero-order valence-electron chi connectivity index (χ0n) is 12.2. The number of amides is 1. The van der Waals surface area contributed by atoms with Crippen LogP contribution in [0.25, 0.3) is 10.4 Å². The Bertz CT molecular complexity index is 358. The fraction of sp³-hybridized carbons (Fsp3) is 0.923. The third-order valence-electron chi connectivity index (χ3n) is 3.39. The highest BCUT2D eigenvalue weighted by Crippen LogP contribution is 2.29. The number of hydrogen-bond donors (Lipinski definition) is 1. The van der Waals surface area contributed by atoms with Crippen LogP contribution in [0.2, 0.25) is 0 Å². The molecule has 0 spiro atoms. The van der Waals surface area contributed by atoms with E-state index in [1.807, 2.05) is 20.8 Å². The summed E-state index contributed by atoms with van der Waals surface area (Å²) < 4.78 is 5.25. The summed E-state index contributed by atoms with van der Waals surface area (Å²) >= 11 is 0. The average Bonchev–Trinajstić information content (AvgIpc) is 2.28. The average molecular weight is 268 g/mol.